The number of carbonyl (C=O) groups is 1. The molecular formula is C15H15N5O. The second-order valence-electron chi connectivity index (χ2n) is 4.63. The molecule has 6 heteroatoms. The van der Waals surface area contributed by atoms with Crippen molar-refractivity contribution in [3.8, 4) is 5.69 Å². The van der Waals surface area contributed by atoms with Crippen molar-refractivity contribution in [3.63, 3.8) is 0 Å². The van der Waals surface area contributed by atoms with Gasteiger partial charge < -0.3 is 0 Å². The van der Waals surface area contributed by atoms with Gasteiger partial charge >= 0.3 is 6.03 Å². The van der Waals surface area contributed by atoms with Crippen molar-refractivity contribution in [1.82, 2.24) is 14.7 Å². The van der Waals surface area contributed by atoms with Crippen LogP contribution in [0.15, 0.2) is 53.7 Å². The van der Waals surface area contributed by atoms with Gasteiger partial charge in [-0.3, -0.25) is 15.2 Å². The molecule has 106 valence electrons. The Balaban J connectivity index is 1.84. The van der Waals surface area contributed by atoms with E-state index >= 15 is 0 Å². The summed E-state index contributed by atoms with van der Waals surface area (Å²) in [7, 11) is 0. The first kappa shape index (κ1) is 13.1. The average Bonchev–Trinajstić information content (AvgIpc) is 2.89. The predicted molar refractivity (Wildman–Crippen MR) is 81.7 cm³/mol. The Morgan fingerprint density at radius 2 is 2.10 bits per heavy atom. The molecule has 0 spiro atoms. The summed E-state index contributed by atoms with van der Waals surface area (Å²) in [4.78, 5) is 17.7. The Kier molecular flexibility index (Phi) is 3.51. The van der Waals surface area contributed by atoms with Gasteiger partial charge in [-0.2, -0.15) is 5.10 Å². The van der Waals surface area contributed by atoms with Crippen LogP contribution in [0, 0.1) is 6.92 Å². The average molecular weight is 281 g/mol. The Morgan fingerprint density at radius 3 is 2.81 bits per heavy atom. The van der Waals surface area contributed by atoms with Crippen LogP contribution in [0.2, 0.25) is 0 Å². The van der Waals surface area contributed by atoms with E-state index in [-0.39, 0.29) is 6.03 Å². The highest BCUT2D eigenvalue weighted by Gasteiger charge is 2.15. The van der Waals surface area contributed by atoms with Crippen LogP contribution in [0.4, 0.5) is 10.6 Å². The van der Waals surface area contributed by atoms with E-state index < -0.39 is 0 Å². The summed E-state index contributed by atoms with van der Waals surface area (Å²) in [5.41, 5.74) is 1.73. The number of nitrogens with one attached hydrogen (secondary N) is 1. The van der Waals surface area contributed by atoms with Crippen LogP contribution in [0.1, 0.15) is 5.69 Å². The topological polar surface area (TPSA) is 62.5 Å². The molecule has 1 aromatic carbocycles. The van der Waals surface area contributed by atoms with Gasteiger partial charge in [0.1, 0.15) is 12.5 Å². The molecule has 0 atom stereocenters. The van der Waals surface area contributed by atoms with Gasteiger partial charge in [-0.05, 0) is 25.1 Å². The molecule has 1 N–H and O–H groups in total. The van der Waals surface area contributed by atoms with Crippen LogP contribution in [0.3, 0.4) is 0 Å². The van der Waals surface area contributed by atoms with Gasteiger partial charge in [0.2, 0.25) is 0 Å². The van der Waals surface area contributed by atoms with Crippen molar-refractivity contribution < 1.29 is 4.79 Å². The Morgan fingerprint density at radius 1 is 1.29 bits per heavy atom. The second-order valence-corrected chi connectivity index (χ2v) is 4.63. The first-order chi connectivity index (χ1) is 10.2. The van der Waals surface area contributed by atoms with Crippen molar-refractivity contribution >= 4 is 18.1 Å². The summed E-state index contributed by atoms with van der Waals surface area (Å²) in [5.74, 6) is 0.631. The zero-order chi connectivity index (χ0) is 14.7. The molecule has 1 aliphatic rings. The number of para-hydroxylation sites is 1. The molecule has 2 aromatic rings. The summed E-state index contributed by atoms with van der Waals surface area (Å²) in [6.07, 6.45) is 5.09. The Bertz CT molecular complexity index is 702. The maximum absolute atomic E-state index is 12.2. The molecule has 0 saturated heterocycles. The molecule has 0 saturated carbocycles. The van der Waals surface area contributed by atoms with Gasteiger partial charge in [0.25, 0.3) is 0 Å². The van der Waals surface area contributed by atoms with Crippen molar-refractivity contribution in [2.24, 2.45) is 4.99 Å². The quantitative estimate of drug-likeness (QED) is 0.919. The fourth-order valence-electron chi connectivity index (χ4n) is 2.05. The van der Waals surface area contributed by atoms with Crippen LogP contribution >= 0.6 is 0 Å². The number of benzene rings is 1. The first-order valence-corrected chi connectivity index (χ1v) is 6.60. The molecule has 0 aliphatic carbocycles. The summed E-state index contributed by atoms with van der Waals surface area (Å²) in [5, 5.41) is 7.28. The number of nitrogens with zero attached hydrogens (tertiary/aromatic N) is 4. The van der Waals surface area contributed by atoms with E-state index in [0.717, 1.165) is 11.4 Å². The number of hydrogen-bond acceptors (Lipinski definition) is 3. The molecular weight excluding hydrogens is 266 g/mol. The molecule has 2 heterocycles. The van der Waals surface area contributed by atoms with E-state index in [0.29, 0.717) is 12.5 Å². The number of aromatic nitrogens is 2. The molecule has 1 aliphatic heterocycles. The highest BCUT2D eigenvalue weighted by molar-refractivity contribution is 5.90. The van der Waals surface area contributed by atoms with Gasteiger partial charge in [0.15, 0.2) is 0 Å². The number of urea groups is 1. The van der Waals surface area contributed by atoms with E-state index in [1.807, 2.05) is 43.3 Å². The van der Waals surface area contributed by atoms with Gasteiger partial charge in [-0.15, -0.1) is 0 Å². The zero-order valence-electron chi connectivity index (χ0n) is 11.6. The smallest absolute Gasteiger partial charge is 0.292 e. The number of aliphatic imine (C=N–C) groups is 1. The summed E-state index contributed by atoms with van der Waals surface area (Å²) in [6.45, 7) is 2.21. The molecule has 0 bridgehead atoms. The normalized spacial score (nSPS) is 13.5. The van der Waals surface area contributed by atoms with Crippen molar-refractivity contribution in [2.45, 2.75) is 6.92 Å². The maximum atomic E-state index is 12.2. The zero-order valence-corrected chi connectivity index (χ0v) is 11.6. The standard InChI is InChI=1S/C15H15N5O/c1-12-10-14(17-15(21)19-9-5-8-16-11-19)20(18-12)13-6-3-2-4-7-13/h2-10H,11H2,1H3,(H,17,21). The molecule has 21 heavy (non-hydrogen) atoms. The lowest BCUT2D eigenvalue weighted by Gasteiger charge is -2.18. The van der Waals surface area contributed by atoms with Crippen LogP contribution in [-0.2, 0) is 0 Å². The van der Waals surface area contributed by atoms with Crippen LogP contribution < -0.4 is 5.32 Å². The fraction of sp³-hybridized carbons (Fsp3) is 0.133. The van der Waals surface area contributed by atoms with Crippen molar-refractivity contribution in [1.29, 1.82) is 0 Å². The van der Waals surface area contributed by atoms with Crippen LogP contribution in [-0.4, -0.2) is 33.6 Å². The van der Waals surface area contributed by atoms with Gasteiger partial charge in [0, 0.05) is 18.5 Å². The van der Waals surface area contributed by atoms with Crippen molar-refractivity contribution in [2.75, 3.05) is 12.0 Å². The molecule has 0 unspecified atom stereocenters. The Hall–Kier alpha value is -2.89. The third-order valence-corrected chi connectivity index (χ3v) is 3.02. The molecule has 1 aromatic heterocycles. The number of carbonyl (C=O) groups excluding carboxylic acids is 1. The van der Waals surface area contributed by atoms with Gasteiger partial charge in [-0.25, -0.2) is 9.48 Å². The minimum atomic E-state index is -0.236. The number of rotatable bonds is 2. The molecule has 0 fully saturated rings. The largest absolute Gasteiger partial charge is 0.328 e. The monoisotopic (exact) mass is 281 g/mol. The van der Waals surface area contributed by atoms with Crippen LogP contribution in [0.5, 0.6) is 0 Å². The van der Waals surface area contributed by atoms with E-state index in [1.165, 1.54) is 4.90 Å². The van der Waals surface area contributed by atoms with Gasteiger partial charge in [0.05, 0.1) is 11.4 Å². The highest BCUT2D eigenvalue weighted by atomic mass is 16.2. The number of aryl methyl sites for hydroxylation is 1. The minimum absolute atomic E-state index is 0.236. The summed E-state index contributed by atoms with van der Waals surface area (Å²) < 4.78 is 1.71. The third-order valence-electron chi connectivity index (χ3n) is 3.02. The molecule has 3 rings (SSSR count). The lowest BCUT2D eigenvalue weighted by Crippen LogP contribution is -2.32. The van der Waals surface area contributed by atoms with Crippen LogP contribution in [0.25, 0.3) is 5.69 Å². The summed E-state index contributed by atoms with van der Waals surface area (Å²) in [6, 6.07) is 11.3. The maximum Gasteiger partial charge on any atom is 0.328 e. The number of hydrogen-bond donors (Lipinski definition) is 1. The fourth-order valence-corrected chi connectivity index (χ4v) is 2.05. The number of amides is 2. The lowest BCUT2D eigenvalue weighted by atomic mass is 10.3. The van der Waals surface area contributed by atoms with Gasteiger partial charge in [-0.1, -0.05) is 18.2 Å². The summed E-state index contributed by atoms with van der Waals surface area (Å²) >= 11 is 0. The van der Waals surface area contributed by atoms with E-state index in [2.05, 4.69) is 15.4 Å². The first-order valence-electron chi connectivity index (χ1n) is 6.60. The molecule has 0 radical (unpaired) electrons. The molecule has 6 nitrogen and oxygen atoms in total. The second kappa shape index (κ2) is 5.62. The predicted octanol–water partition coefficient (Wildman–Crippen LogP) is 2.57. The van der Waals surface area contributed by atoms with E-state index in [9.17, 15) is 4.79 Å². The highest BCUT2D eigenvalue weighted by Crippen LogP contribution is 2.17. The third kappa shape index (κ3) is 2.84. The molecule has 2 amide bonds. The van der Waals surface area contributed by atoms with E-state index in [1.54, 1.807) is 23.2 Å². The SMILES string of the molecule is Cc1cc(NC(=O)N2C=CC=NC2)n(-c2ccccc2)n1. The number of anilines is 1. The minimum Gasteiger partial charge on any atom is -0.292 e. The number of allylic oxidation sites excluding steroid dienone is 1. The van der Waals surface area contributed by atoms with E-state index in [4.69, 9.17) is 0 Å². The van der Waals surface area contributed by atoms with Crippen molar-refractivity contribution in [3.05, 3.63) is 54.4 Å². The lowest BCUT2D eigenvalue weighted by molar-refractivity contribution is 0.229. The Labute approximate surface area is 122 Å².